The highest BCUT2D eigenvalue weighted by Crippen LogP contribution is 2.29. The number of ether oxygens (including phenoxy) is 1. The molecule has 0 spiro atoms. The Hall–Kier alpha value is -2.08. The second-order valence-corrected chi connectivity index (χ2v) is 4.91. The highest BCUT2D eigenvalue weighted by atomic mass is 16.5. The van der Waals surface area contributed by atoms with E-state index in [0.717, 1.165) is 19.4 Å². The third kappa shape index (κ3) is 2.75. The van der Waals surface area contributed by atoms with Crippen molar-refractivity contribution in [2.24, 2.45) is 0 Å². The normalized spacial score (nSPS) is 19.1. The van der Waals surface area contributed by atoms with E-state index in [1.54, 1.807) is 6.07 Å². The van der Waals surface area contributed by atoms with Crippen molar-refractivity contribution in [1.29, 1.82) is 0 Å². The Labute approximate surface area is 116 Å². The molecular weight excluding hydrogens is 260 g/mol. The van der Waals surface area contributed by atoms with Crippen LogP contribution in [0, 0.1) is 0 Å². The first-order chi connectivity index (χ1) is 9.72. The Morgan fingerprint density at radius 2 is 2.10 bits per heavy atom. The molecule has 1 aromatic carbocycles. The molecule has 2 N–H and O–H groups in total. The van der Waals surface area contributed by atoms with Gasteiger partial charge in [-0.05, 0) is 37.5 Å². The minimum Gasteiger partial charge on any atom is -0.504 e. The largest absolute Gasteiger partial charge is 0.504 e. The van der Waals surface area contributed by atoms with Crippen LogP contribution in [-0.2, 0) is 11.2 Å². The van der Waals surface area contributed by atoms with Crippen LogP contribution in [0.3, 0.4) is 0 Å². The average Bonchev–Trinajstić information content (AvgIpc) is 2.91. The van der Waals surface area contributed by atoms with Crippen LogP contribution < -0.4 is 0 Å². The molecule has 3 rings (SSSR count). The Bertz CT molecular complexity index is 591. The molecule has 1 atom stereocenters. The lowest BCUT2D eigenvalue weighted by Gasteiger charge is -2.20. The number of benzene rings is 1. The van der Waals surface area contributed by atoms with E-state index in [-0.39, 0.29) is 17.6 Å². The van der Waals surface area contributed by atoms with Gasteiger partial charge in [-0.15, -0.1) is 0 Å². The van der Waals surface area contributed by atoms with E-state index in [0.29, 0.717) is 23.7 Å². The van der Waals surface area contributed by atoms with E-state index in [9.17, 15) is 10.2 Å². The Morgan fingerprint density at radius 3 is 2.85 bits per heavy atom. The third-order valence-electron chi connectivity index (χ3n) is 3.37. The van der Waals surface area contributed by atoms with Gasteiger partial charge >= 0.3 is 0 Å². The van der Waals surface area contributed by atoms with Crippen molar-refractivity contribution in [3.05, 3.63) is 24.0 Å². The van der Waals surface area contributed by atoms with Gasteiger partial charge in [0.25, 0.3) is 5.89 Å². The van der Waals surface area contributed by atoms with Crippen molar-refractivity contribution in [3.63, 3.8) is 0 Å². The van der Waals surface area contributed by atoms with Crippen LogP contribution in [0.4, 0.5) is 0 Å². The summed E-state index contributed by atoms with van der Waals surface area (Å²) < 4.78 is 10.8. The number of hydrogen-bond donors (Lipinski definition) is 2. The number of nitrogens with zero attached hydrogens (tertiary/aromatic N) is 2. The molecular formula is C14H16N2O4. The SMILES string of the molecule is Oc1ccc(-c2nc(CC3CCCCO3)no2)cc1O. The van der Waals surface area contributed by atoms with Crippen LogP contribution in [0.25, 0.3) is 11.5 Å². The molecule has 0 bridgehead atoms. The minimum atomic E-state index is -0.210. The number of rotatable bonds is 3. The van der Waals surface area contributed by atoms with Crippen LogP contribution in [0.1, 0.15) is 25.1 Å². The van der Waals surface area contributed by atoms with Gasteiger partial charge in [-0.1, -0.05) is 5.16 Å². The third-order valence-corrected chi connectivity index (χ3v) is 3.37. The van der Waals surface area contributed by atoms with Crippen LogP contribution in [0.5, 0.6) is 11.5 Å². The highest BCUT2D eigenvalue weighted by molar-refractivity contribution is 5.58. The van der Waals surface area contributed by atoms with Crippen molar-refractivity contribution in [2.75, 3.05) is 6.61 Å². The van der Waals surface area contributed by atoms with Crippen molar-refractivity contribution in [2.45, 2.75) is 31.8 Å². The van der Waals surface area contributed by atoms with Crippen LogP contribution in [0.2, 0.25) is 0 Å². The molecule has 1 aliphatic rings. The summed E-state index contributed by atoms with van der Waals surface area (Å²) in [5.74, 6) is 0.535. The number of aromatic hydroxyl groups is 2. The van der Waals surface area contributed by atoms with Crippen molar-refractivity contribution in [1.82, 2.24) is 10.1 Å². The fourth-order valence-corrected chi connectivity index (χ4v) is 2.28. The molecule has 6 heteroatoms. The molecule has 0 radical (unpaired) electrons. The van der Waals surface area contributed by atoms with E-state index in [4.69, 9.17) is 9.26 Å². The van der Waals surface area contributed by atoms with Gasteiger partial charge < -0.3 is 19.5 Å². The zero-order valence-electron chi connectivity index (χ0n) is 11.0. The predicted molar refractivity (Wildman–Crippen MR) is 70.4 cm³/mol. The Balaban J connectivity index is 1.73. The lowest BCUT2D eigenvalue weighted by molar-refractivity contribution is 0.0153. The molecule has 1 unspecified atom stereocenters. The quantitative estimate of drug-likeness (QED) is 0.836. The lowest BCUT2D eigenvalue weighted by atomic mass is 10.1. The van der Waals surface area contributed by atoms with Crippen LogP contribution in [-0.4, -0.2) is 33.1 Å². The van der Waals surface area contributed by atoms with Crippen LogP contribution in [0.15, 0.2) is 22.7 Å². The highest BCUT2D eigenvalue weighted by Gasteiger charge is 2.18. The first kappa shape index (κ1) is 12.9. The minimum absolute atomic E-state index is 0.155. The maximum Gasteiger partial charge on any atom is 0.258 e. The zero-order valence-corrected chi connectivity index (χ0v) is 11.0. The first-order valence-corrected chi connectivity index (χ1v) is 6.69. The van der Waals surface area contributed by atoms with E-state index in [1.807, 2.05) is 0 Å². The summed E-state index contributed by atoms with van der Waals surface area (Å²) in [5, 5.41) is 22.7. The lowest BCUT2D eigenvalue weighted by Crippen LogP contribution is -2.21. The van der Waals surface area contributed by atoms with Gasteiger partial charge in [0.05, 0.1) is 6.10 Å². The maximum absolute atomic E-state index is 9.47. The van der Waals surface area contributed by atoms with Gasteiger partial charge in [0.15, 0.2) is 17.3 Å². The molecule has 0 amide bonds. The first-order valence-electron chi connectivity index (χ1n) is 6.69. The van der Waals surface area contributed by atoms with E-state index in [1.165, 1.54) is 18.6 Å². The molecule has 0 saturated carbocycles. The summed E-state index contributed by atoms with van der Waals surface area (Å²) in [6.45, 7) is 0.793. The second-order valence-electron chi connectivity index (χ2n) is 4.91. The maximum atomic E-state index is 9.47. The van der Waals surface area contributed by atoms with Gasteiger partial charge in [-0.3, -0.25) is 0 Å². The molecule has 106 valence electrons. The van der Waals surface area contributed by atoms with E-state index in [2.05, 4.69) is 10.1 Å². The van der Waals surface area contributed by atoms with Crippen molar-refractivity contribution in [3.8, 4) is 23.0 Å². The molecule has 1 aromatic heterocycles. The van der Waals surface area contributed by atoms with Gasteiger partial charge in [0, 0.05) is 18.6 Å². The fraction of sp³-hybridized carbons (Fsp3) is 0.429. The average molecular weight is 276 g/mol. The summed E-state index contributed by atoms with van der Waals surface area (Å²) in [4.78, 5) is 4.29. The summed E-state index contributed by atoms with van der Waals surface area (Å²) in [6, 6.07) is 4.39. The van der Waals surface area contributed by atoms with Gasteiger partial charge in [0.1, 0.15) is 0 Å². The van der Waals surface area contributed by atoms with Crippen LogP contribution >= 0.6 is 0 Å². The number of hydrogen-bond acceptors (Lipinski definition) is 6. The number of aromatic nitrogens is 2. The molecule has 1 saturated heterocycles. The molecule has 1 aliphatic heterocycles. The number of phenolic OH excluding ortho intramolecular Hbond substituents is 2. The van der Waals surface area contributed by atoms with Gasteiger partial charge in [-0.25, -0.2) is 0 Å². The Kier molecular flexibility index (Phi) is 3.56. The topological polar surface area (TPSA) is 88.6 Å². The summed E-state index contributed by atoms with van der Waals surface area (Å²) in [7, 11) is 0. The summed E-state index contributed by atoms with van der Waals surface area (Å²) in [6.07, 6.45) is 4.09. The second kappa shape index (κ2) is 5.50. The van der Waals surface area contributed by atoms with E-state index < -0.39 is 0 Å². The van der Waals surface area contributed by atoms with E-state index >= 15 is 0 Å². The molecule has 1 fully saturated rings. The van der Waals surface area contributed by atoms with Gasteiger partial charge in [0.2, 0.25) is 0 Å². The molecule has 2 aromatic rings. The molecule has 0 aliphatic carbocycles. The molecule has 2 heterocycles. The summed E-state index contributed by atoms with van der Waals surface area (Å²) >= 11 is 0. The monoisotopic (exact) mass is 276 g/mol. The zero-order chi connectivity index (χ0) is 13.9. The standard InChI is InChI=1S/C14H16N2O4/c17-11-5-4-9(7-12(11)18)14-15-13(16-20-14)8-10-3-1-2-6-19-10/h4-5,7,10,17-18H,1-3,6,8H2. The Morgan fingerprint density at radius 1 is 1.20 bits per heavy atom. The predicted octanol–water partition coefficient (Wildman–Crippen LogP) is 2.26. The number of phenols is 2. The molecule has 6 nitrogen and oxygen atoms in total. The summed E-state index contributed by atoms with van der Waals surface area (Å²) in [5.41, 5.74) is 0.573. The fourth-order valence-electron chi connectivity index (χ4n) is 2.28. The van der Waals surface area contributed by atoms with Crippen molar-refractivity contribution >= 4 is 0 Å². The van der Waals surface area contributed by atoms with Crippen molar-refractivity contribution < 1.29 is 19.5 Å². The smallest absolute Gasteiger partial charge is 0.258 e. The molecule has 20 heavy (non-hydrogen) atoms. The van der Waals surface area contributed by atoms with Gasteiger partial charge in [-0.2, -0.15) is 4.98 Å².